The third kappa shape index (κ3) is 1.61. The lowest BCUT2D eigenvalue weighted by Crippen LogP contribution is -2.28. The molecule has 52 valence electrons. The third-order valence-corrected chi connectivity index (χ3v) is 1.17. The van der Waals surface area contributed by atoms with E-state index in [1.54, 1.807) is 6.92 Å². The van der Waals surface area contributed by atoms with Crippen LogP contribution >= 0.6 is 12.2 Å². The van der Waals surface area contributed by atoms with Crippen LogP contribution in [-0.2, 0) is 14.2 Å². The van der Waals surface area contributed by atoms with Gasteiger partial charge in [-0.05, 0) is 12.2 Å². The van der Waals surface area contributed by atoms with Gasteiger partial charge in [-0.2, -0.15) is 0 Å². The van der Waals surface area contributed by atoms with Gasteiger partial charge in [-0.1, -0.05) is 0 Å². The standard InChI is InChI=1S/C5H8O3S/c1-5(8-4-9)6-2-3-7-5/h4H,2-3H2,1H3. The van der Waals surface area contributed by atoms with E-state index in [4.69, 9.17) is 14.2 Å². The molecule has 0 amide bonds. The maximum absolute atomic E-state index is 5.04. The summed E-state index contributed by atoms with van der Waals surface area (Å²) in [5, 5.41) is 0. The lowest BCUT2D eigenvalue weighted by atomic mass is 10.7. The molecular formula is C5H8O3S. The molecule has 0 aromatic heterocycles. The highest BCUT2D eigenvalue weighted by molar-refractivity contribution is 7.78. The Kier molecular flexibility index (Phi) is 2.00. The van der Waals surface area contributed by atoms with E-state index >= 15 is 0 Å². The predicted octanol–water partition coefficient (Wildman–Crippen LogP) is 0.681. The second-order valence-corrected chi connectivity index (χ2v) is 1.97. The second kappa shape index (κ2) is 2.60. The van der Waals surface area contributed by atoms with Gasteiger partial charge in [0.2, 0.25) is 0 Å². The van der Waals surface area contributed by atoms with Crippen molar-refractivity contribution < 1.29 is 14.2 Å². The van der Waals surface area contributed by atoms with Crippen molar-refractivity contribution in [1.82, 2.24) is 0 Å². The van der Waals surface area contributed by atoms with Crippen molar-refractivity contribution in [1.29, 1.82) is 0 Å². The van der Waals surface area contributed by atoms with E-state index in [-0.39, 0.29) is 0 Å². The highest BCUT2D eigenvalue weighted by atomic mass is 32.1. The fourth-order valence-corrected chi connectivity index (χ4v) is 0.826. The number of ether oxygens (including phenoxy) is 3. The van der Waals surface area contributed by atoms with E-state index < -0.39 is 5.97 Å². The maximum Gasteiger partial charge on any atom is 0.324 e. The van der Waals surface area contributed by atoms with Gasteiger partial charge in [0.05, 0.1) is 13.2 Å². The molecule has 0 unspecified atom stereocenters. The quantitative estimate of drug-likeness (QED) is 0.538. The van der Waals surface area contributed by atoms with Crippen molar-refractivity contribution in [2.45, 2.75) is 12.9 Å². The molecule has 4 heteroatoms. The zero-order valence-electron chi connectivity index (χ0n) is 5.12. The minimum Gasteiger partial charge on any atom is -0.435 e. The highest BCUT2D eigenvalue weighted by Gasteiger charge is 2.32. The van der Waals surface area contributed by atoms with E-state index in [2.05, 4.69) is 12.2 Å². The van der Waals surface area contributed by atoms with Crippen LogP contribution in [0.4, 0.5) is 0 Å². The Bertz CT molecular complexity index is 109. The zero-order chi connectivity index (χ0) is 6.74. The molecule has 0 bridgehead atoms. The second-order valence-electron chi connectivity index (χ2n) is 1.77. The summed E-state index contributed by atoms with van der Waals surface area (Å²) in [7, 11) is 0. The van der Waals surface area contributed by atoms with Crippen LogP contribution in [0, 0.1) is 0 Å². The Morgan fingerprint density at radius 1 is 1.56 bits per heavy atom. The van der Waals surface area contributed by atoms with Crippen molar-refractivity contribution in [2.24, 2.45) is 0 Å². The van der Waals surface area contributed by atoms with Crippen LogP contribution in [0.2, 0.25) is 0 Å². The van der Waals surface area contributed by atoms with Crippen LogP contribution in [0.1, 0.15) is 6.92 Å². The van der Waals surface area contributed by atoms with Gasteiger partial charge < -0.3 is 14.2 Å². The van der Waals surface area contributed by atoms with Crippen molar-refractivity contribution >= 4 is 17.8 Å². The molecule has 1 rings (SSSR count). The molecule has 3 nitrogen and oxygen atoms in total. The number of hydrogen-bond donors (Lipinski definition) is 0. The largest absolute Gasteiger partial charge is 0.435 e. The number of hydrogen-bond acceptors (Lipinski definition) is 4. The number of thiocarbonyl (C=S) groups is 1. The summed E-state index contributed by atoms with van der Waals surface area (Å²) in [4.78, 5) is 0. The van der Waals surface area contributed by atoms with Gasteiger partial charge in [-0.25, -0.2) is 0 Å². The van der Waals surface area contributed by atoms with Crippen LogP contribution < -0.4 is 0 Å². The lowest BCUT2D eigenvalue weighted by molar-refractivity contribution is -0.276. The normalized spacial score (nSPS) is 23.7. The molecule has 0 atom stereocenters. The summed E-state index contributed by atoms with van der Waals surface area (Å²) < 4.78 is 14.9. The first-order chi connectivity index (χ1) is 4.27. The fourth-order valence-electron chi connectivity index (χ4n) is 0.651. The average molecular weight is 148 g/mol. The van der Waals surface area contributed by atoms with Gasteiger partial charge in [0, 0.05) is 6.92 Å². The molecular weight excluding hydrogens is 140 g/mol. The van der Waals surface area contributed by atoms with E-state index in [0.29, 0.717) is 13.2 Å². The first kappa shape index (κ1) is 6.92. The summed E-state index contributed by atoms with van der Waals surface area (Å²) in [6, 6.07) is 0. The van der Waals surface area contributed by atoms with Crippen LogP contribution in [-0.4, -0.2) is 24.7 Å². The Morgan fingerprint density at radius 3 is 2.56 bits per heavy atom. The van der Waals surface area contributed by atoms with E-state index in [9.17, 15) is 0 Å². The van der Waals surface area contributed by atoms with Gasteiger partial charge in [-0.15, -0.1) is 0 Å². The molecule has 0 spiro atoms. The van der Waals surface area contributed by atoms with Crippen LogP contribution in [0.15, 0.2) is 0 Å². The lowest BCUT2D eigenvalue weighted by Gasteiger charge is -2.19. The van der Waals surface area contributed by atoms with E-state index in [0.717, 1.165) is 5.55 Å². The Labute approximate surface area is 58.9 Å². The van der Waals surface area contributed by atoms with Gasteiger partial charge in [-0.3, -0.25) is 0 Å². The molecule has 1 fully saturated rings. The molecule has 0 N–H and O–H groups in total. The predicted molar refractivity (Wildman–Crippen MR) is 35.0 cm³/mol. The molecule has 0 saturated carbocycles. The zero-order valence-corrected chi connectivity index (χ0v) is 5.94. The minimum absolute atomic E-state index is 0.569. The summed E-state index contributed by atoms with van der Waals surface area (Å²) in [5.74, 6) is -0.915. The molecule has 0 radical (unpaired) electrons. The topological polar surface area (TPSA) is 27.7 Å². The van der Waals surface area contributed by atoms with Gasteiger partial charge >= 0.3 is 5.97 Å². The molecule has 0 aromatic rings. The molecule has 1 heterocycles. The smallest absolute Gasteiger partial charge is 0.324 e. The van der Waals surface area contributed by atoms with Gasteiger partial charge in [0.25, 0.3) is 0 Å². The monoisotopic (exact) mass is 148 g/mol. The fraction of sp³-hybridized carbons (Fsp3) is 0.800. The SMILES string of the molecule is CC1(OC=S)OCCO1. The molecule has 0 aliphatic carbocycles. The van der Waals surface area contributed by atoms with Crippen LogP contribution in [0.5, 0.6) is 0 Å². The van der Waals surface area contributed by atoms with Crippen molar-refractivity contribution in [3.05, 3.63) is 0 Å². The van der Waals surface area contributed by atoms with E-state index in [1.807, 2.05) is 0 Å². The highest BCUT2D eigenvalue weighted by Crippen LogP contribution is 2.18. The summed E-state index contributed by atoms with van der Waals surface area (Å²) in [6.45, 7) is 2.82. The first-order valence-corrected chi connectivity index (χ1v) is 3.13. The van der Waals surface area contributed by atoms with Gasteiger partial charge in [0.1, 0.15) is 0 Å². The summed E-state index contributed by atoms with van der Waals surface area (Å²) in [5.41, 5.74) is 1.14. The Balaban J connectivity index is 2.40. The summed E-state index contributed by atoms with van der Waals surface area (Å²) in [6.07, 6.45) is 0. The minimum atomic E-state index is -0.915. The molecule has 1 aliphatic heterocycles. The van der Waals surface area contributed by atoms with E-state index in [1.165, 1.54) is 0 Å². The number of rotatable bonds is 2. The van der Waals surface area contributed by atoms with Crippen molar-refractivity contribution in [2.75, 3.05) is 13.2 Å². The Hall–Kier alpha value is -0.190. The maximum atomic E-state index is 5.04. The summed E-state index contributed by atoms with van der Waals surface area (Å²) >= 11 is 4.45. The molecule has 0 aromatic carbocycles. The molecule has 1 aliphatic rings. The Morgan fingerprint density at radius 2 is 2.11 bits per heavy atom. The van der Waals surface area contributed by atoms with Crippen LogP contribution in [0.25, 0.3) is 0 Å². The molecule has 1 saturated heterocycles. The third-order valence-electron chi connectivity index (χ3n) is 1.07. The molecule has 9 heavy (non-hydrogen) atoms. The van der Waals surface area contributed by atoms with Gasteiger partial charge in [0.15, 0.2) is 5.55 Å². The first-order valence-electron chi connectivity index (χ1n) is 2.66. The van der Waals surface area contributed by atoms with Crippen molar-refractivity contribution in [3.63, 3.8) is 0 Å². The van der Waals surface area contributed by atoms with Crippen molar-refractivity contribution in [3.8, 4) is 0 Å². The average Bonchev–Trinajstić information content (AvgIpc) is 2.16. The van der Waals surface area contributed by atoms with Crippen LogP contribution in [0.3, 0.4) is 0 Å².